The largest absolute Gasteiger partial charge is 0.305 e. The van der Waals surface area contributed by atoms with Crippen LogP contribution in [0.3, 0.4) is 0 Å². The van der Waals surface area contributed by atoms with Gasteiger partial charge < -0.3 is 4.57 Å². The van der Waals surface area contributed by atoms with Crippen LogP contribution in [-0.2, 0) is 11.3 Å². The summed E-state index contributed by atoms with van der Waals surface area (Å²) in [6.45, 7) is 1.27. The first-order valence-electron chi connectivity index (χ1n) is 3.45. The van der Waals surface area contributed by atoms with Gasteiger partial charge in [-0.2, -0.15) is 0 Å². The molecule has 0 spiro atoms. The Hall–Kier alpha value is -1.45. The second kappa shape index (κ2) is 3.30. The van der Waals surface area contributed by atoms with Gasteiger partial charge in [-0.15, -0.1) is 0 Å². The van der Waals surface area contributed by atoms with Crippen LogP contribution in [0.4, 0.5) is 4.39 Å². The van der Waals surface area contributed by atoms with Gasteiger partial charge in [0.1, 0.15) is 11.6 Å². The number of nitrogens with zero attached hydrogens (tertiary/aromatic N) is 1. The molecule has 12 heavy (non-hydrogen) atoms. The molecule has 0 aliphatic heterocycles. The predicted octanol–water partition coefficient (Wildman–Crippen LogP) is 0.576. The second-order valence-electron chi connectivity index (χ2n) is 2.52. The molecule has 1 aromatic heterocycles. The highest BCUT2D eigenvalue weighted by molar-refractivity contribution is 5.75. The molecule has 3 nitrogen and oxygen atoms in total. The van der Waals surface area contributed by atoms with Crippen molar-refractivity contribution in [2.24, 2.45) is 0 Å². The highest BCUT2D eigenvalue weighted by Crippen LogP contribution is 1.91. The smallest absolute Gasteiger partial charge is 0.251 e. The fourth-order valence-electron chi connectivity index (χ4n) is 0.866. The average molecular weight is 169 g/mol. The Bertz CT molecular complexity index is 356. The van der Waals surface area contributed by atoms with Crippen LogP contribution in [0.1, 0.15) is 6.92 Å². The fourth-order valence-corrected chi connectivity index (χ4v) is 0.866. The van der Waals surface area contributed by atoms with Crippen molar-refractivity contribution in [3.63, 3.8) is 0 Å². The second-order valence-corrected chi connectivity index (χ2v) is 2.52. The number of carbonyl (C=O) groups excluding carboxylic acids is 1. The number of ketones is 1. The molecule has 0 saturated carbocycles. The van der Waals surface area contributed by atoms with E-state index in [2.05, 4.69) is 0 Å². The zero-order valence-corrected chi connectivity index (χ0v) is 6.58. The van der Waals surface area contributed by atoms with Crippen molar-refractivity contribution in [2.45, 2.75) is 13.5 Å². The molecule has 1 aromatic rings. The van der Waals surface area contributed by atoms with Gasteiger partial charge in [0.25, 0.3) is 5.56 Å². The van der Waals surface area contributed by atoms with E-state index in [9.17, 15) is 14.0 Å². The number of pyridine rings is 1. The van der Waals surface area contributed by atoms with E-state index < -0.39 is 5.82 Å². The Morgan fingerprint density at radius 2 is 2.25 bits per heavy atom. The molecule has 0 fully saturated rings. The number of hydrogen-bond donors (Lipinski definition) is 0. The van der Waals surface area contributed by atoms with Crippen LogP contribution >= 0.6 is 0 Å². The van der Waals surface area contributed by atoms with E-state index >= 15 is 0 Å². The summed E-state index contributed by atoms with van der Waals surface area (Å²) in [5.41, 5.74) is -0.369. The van der Waals surface area contributed by atoms with Crippen LogP contribution in [0.25, 0.3) is 0 Å². The minimum Gasteiger partial charge on any atom is -0.305 e. The lowest BCUT2D eigenvalue weighted by Crippen LogP contribution is -2.21. The van der Waals surface area contributed by atoms with Gasteiger partial charge >= 0.3 is 0 Å². The molecule has 0 atom stereocenters. The van der Waals surface area contributed by atoms with Gasteiger partial charge in [0.2, 0.25) is 0 Å². The fraction of sp³-hybridized carbons (Fsp3) is 0.250. The van der Waals surface area contributed by atoms with Gasteiger partial charge in [0.05, 0.1) is 6.54 Å². The van der Waals surface area contributed by atoms with Crippen LogP contribution in [0, 0.1) is 5.82 Å². The predicted molar refractivity (Wildman–Crippen MR) is 41.3 cm³/mol. The standard InChI is InChI=1S/C8H8FNO2/c1-6(11)4-10-5-7(9)2-3-8(10)12/h2-3,5H,4H2,1H3. The van der Waals surface area contributed by atoms with Gasteiger partial charge in [-0.05, 0) is 13.0 Å². The summed E-state index contributed by atoms with van der Waals surface area (Å²) in [4.78, 5) is 21.5. The number of halogens is 1. The number of hydrogen-bond acceptors (Lipinski definition) is 2. The molecule has 0 aromatic carbocycles. The van der Waals surface area contributed by atoms with E-state index in [4.69, 9.17) is 0 Å². The topological polar surface area (TPSA) is 39.1 Å². The summed E-state index contributed by atoms with van der Waals surface area (Å²) in [5.74, 6) is -0.696. The number of rotatable bonds is 2. The Kier molecular flexibility index (Phi) is 2.38. The molecular weight excluding hydrogens is 161 g/mol. The Morgan fingerprint density at radius 1 is 1.58 bits per heavy atom. The number of aromatic nitrogens is 1. The summed E-state index contributed by atoms with van der Waals surface area (Å²) in [6, 6.07) is 2.16. The highest BCUT2D eigenvalue weighted by atomic mass is 19.1. The summed E-state index contributed by atoms with van der Waals surface area (Å²) < 4.78 is 13.6. The number of carbonyl (C=O) groups is 1. The molecule has 0 N–H and O–H groups in total. The van der Waals surface area contributed by atoms with Gasteiger partial charge in [-0.25, -0.2) is 4.39 Å². The van der Waals surface area contributed by atoms with Gasteiger partial charge in [0, 0.05) is 12.3 Å². The van der Waals surface area contributed by atoms with Crippen molar-refractivity contribution in [3.05, 3.63) is 34.5 Å². The SMILES string of the molecule is CC(=O)Cn1cc(F)ccc1=O. The monoisotopic (exact) mass is 169 g/mol. The van der Waals surface area contributed by atoms with Crippen molar-refractivity contribution in [1.82, 2.24) is 4.57 Å². The van der Waals surface area contributed by atoms with E-state index in [1.165, 1.54) is 6.92 Å². The molecule has 0 aliphatic rings. The molecule has 0 saturated heterocycles. The third kappa shape index (κ3) is 2.02. The first-order chi connectivity index (χ1) is 5.59. The van der Waals surface area contributed by atoms with E-state index in [-0.39, 0.29) is 17.9 Å². The van der Waals surface area contributed by atoms with Crippen LogP contribution in [-0.4, -0.2) is 10.4 Å². The van der Waals surface area contributed by atoms with Gasteiger partial charge in [-0.3, -0.25) is 9.59 Å². The van der Waals surface area contributed by atoms with Crippen molar-refractivity contribution < 1.29 is 9.18 Å². The normalized spacial score (nSPS) is 9.83. The van der Waals surface area contributed by atoms with Gasteiger partial charge in [0.15, 0.2) is 0 Å². The van der Waals surface area contributed by atoms with E-state index in [0.29, 0.717) is 0 Å². The maximum absolute atomic E-state index is 12.5. The first-order valence-corrected chi connectivity index (χ1v) is 3.45. The maximum Gasteiger partial charge on any atom is 0.251 e. The van der Waals surface area contributed by atoms with Crippen molar-refractivity contribution >= 4 is 5.78 Å². The molecular formula is C8H8FNO2. The quantitative estimate of drug-likeness (QED) is 0.649. The molecule has 0 unspecified atom stereocenters. The van der Waals surface area contributed by atoms with Crippen LogP contribution in [0.15, 0.2) is 23.1 Å². The van der Waals surface area contributed by atoms with Crippen LogP contribution in [0.2, 0.25) is 0 Å². The summed E-state index contributed by atoms with van der Waals surface area (Å²) >= 11 is 0. The lowest BCUT2D eigenvalue weighted by molar-refractivity contribution is -0.117. The number of Topliss-reactive ketones (excluding diaryl/α,β-unsaturated/α-hetero) is 1. The molecule has 0 amide bonds. The van der Waals surface area contributed by atoms with Crippen molar-refractivity contribution in [2.75, 3.05) is 0 Å². The summed E-state index contributed by atoms with van der Waals surface area (Å²) in [7, 11) is 0. The van der Waals surface area contributed by atoms with Gasteiger partial charge in [-0.1, -0.05) is 0 Å². The Morgan fingerprint density at radius 3 is 2.83 bits per heavy atom. The Labute approximate surface area is 68.4 Å². The highest BCUT2D eigenvalue weighted by Gasteiger charge is 1.99. The lowest BCUT2D eigenvalue weighted by Gasteiger charge is -2.00. The zero-order valence-electron chi connectivity index (χ0n) is 6.58. The van der Waals surface area contributed by atoms with Crippen LogP contribution in [0.5, 0.6) is 0 Å². The molecule has 4 heteroatoms. The molecule has 0 radical (unpaired) electrons. The summed E-state index contributed by atoms with van der Waals surface area (Å²) in [6.07, 6.45) is 1.02. The lowest BCUT2D eigenvalue weighted by atomic mass is 10.4. The molecule has 1 heterocycles. The zero-order chi connectivity index (χ0) is 9.14. The molecule has 64 valence electrons. The first kappa shape index (κ1) is 8.64. The minimum atomic E-state index is -0.518. The summed E-state index contributed by atoms with van der Waals surface area (Å²) in [5, 5.41) is 0. The van der Waals surface area contributed by atoms with Crippen LogP contribution < -0.4 is 5.56 Å². The third-order valence-electron chi connectivity index (χ3n) is 1.34. The molecule has 1 rings (SSSR count). The van der Waals surface area contributed by atoms with E-state index in [1.807, 2.05) is 0 Å². The van der Waals surface area contributed by atoms with E-state index in [1.54, 1.807) is 0 Å². The average Bonchev–Trinajstić information content (AvgIpc) is 1.96. The minimum absolute atomic E-state index is 0.0728. The molecule has 0 aliphatic carbocycles. The van der Waals surface area contributed by atoms with Crippen molar-refractivity contribution in [1.29, 1.82) is 0 Å². The third-order valence-corrected chi connectivity index (χ3v) is 1.34. The van der Waals surface area contributed by atoms with E-state index in [0.717, 1.165) is 22.9 Å². The van der Waals surface area contributed by atoms with Crippen molar-refractivity contribution in [3.8, 4) is 0 Å². The maximum atomic E-state index is 12.5. The Balaban J connectivity index is 3.06. The molecule has 0 bridgehead atoms.